The van der Waals surface area contributed by atoms with E-state index in [4.69, 9.17) is 9.72 Å². The second-order valence-corrected chi connectivity index (χ2v) is 9.22. The number of nitrogens with zero attached hydrogens (tertiary/aromatic N) is 3. The molecule has 174 valence electrons. The molecule has 3 aromatic rings. The van der Waals surface area contributed by atoms with Crippen molar-refractivity contribution in [3.63, 3.8) is 0 Å². The van der Waals surface area contributed by atoms with Crippen LogP contribution < -0.4 is 9.64 Å². The van der Waals surface area contributed by atoms with Crippen molar-refractivity contribution in [3.8, 4) is 5.75 Å². The number of fused-ring (bicyclic) bond motifs is 1. The molecule has 0 radical (unpaired) electrons. The van der Waals surface area contributed by atoms with E-state index in [2.05, 4.69) is 30.9 Å². The summed E-state index contributed by atoms with van der Waals surface area (Å²) in [5, 5.41) is 0.769. The van der Waals surface area contributed by atoms with E-state index in [1.165, 1.54) is 4.90 Å². The van der Waals surface area contributed by atoms with E-state index < -0.39 is 0 Å². The maximum atomic E-state index is 13.2. The van der Waals surface area contributed by atoms with E-state index in [0.29, 0.717) is 19.6 Å². The number of rotatable bonds is 12. The fourth-order valence-corrected chi connectivity index (χ4v) is 5.18. The van der Waals surface area contributed by atoms with Gasteiger partial charge in [-0.25, -0.2) is 4.98 Å². The summed E-state index contributed by atoms with van der Waals surface area (Å²) >= 11 is 3.27. The number of benzene rings is 2. The second-order valence-electron chi connectivity index (χ2n) is 7.04. The standard InChI is InChI=1S/C24H31N3O2S2.ClH/c1-4-26(5-2)15-16-27(23(28)14-17-30-20-10-8-7-9-11-20)24-25-21-13-12-19(29-6-3)18-22(21)31-24;/h7-13,18H,4-6,14-17H2,1-3H3;1H. The number of aromatic nitrogens is 1. The smallest absolute Gasteiger partial charge is 0.229 e. The Labute approximate surface area is 205 Å². The SMILES string of the molecule is CCOc1ccc2nc(N(CCN(CC)CC)C(=O)CCSc3ccccc3)sc2c1.Cl. The summed E-state index contributed by atoms with van der Waals surface area (Å²) in [5.41, 5.74) is 0.905. The minimum atomic E-state index is 0. The van der Waals surface area contributed by atoms with Gasteiger partial charge in [0.1, 0.15) is 5.75 Å². The van der Waals surface area contributed by atoms with Gasteiger partial charge in [0.2, 0.25) is 5.91 Å². The molecule has 0 saturated heterocycles. The van der Waals surface area contributed by atoms with Gasteiger partial charge in [0.25, 0.3) is 0 Å². The molecule has 0 aliphatic rings. The molecule has 1 heterocycles. The zero-order chi connectivity index (χ0) is 22.1. The largest absolute Gasteiger partial charge is 0.494 e. The van der Waals surface area contributed by atoms with Crippen molar-refractivity contribution in [1.29, 1.82) is 0 Å². The first-order chi connectivity index (χ1) is 15.1. The monoisotopic (exact) mass is 493 g/mol. The predicted molar refractivity (Wildman–Crippen MR) is 140 cm³/mol. The van der Waals surface area contributed by atoms with E-state index in [1.54, 1.807) is 23.1 Å². The summed E-state index contributed by atoms with van der Waals surface area (Å²) < 4.78 is 6.67. The Morgan fingerprint density at radius 2 is 1.81 bits per heavy atom. The number of likely N-dealkylation sites (N-methyl/N-ethyl adjacent to an activating group) is 1. The van der Waals surface area contributed by atoms with Crippen LogP contribution in [0.4, 0.5) is 5.13 Å². The van der Waals surface area contributed by atoms with Gasteiger partial charge in [0.05, 0.1) is 16.8 Å². The number of amides is 1. The molecule has 5 nitrogen and oxygen atoms in total. The maximum Gasteiger partial charge on any atom is 0.229 e. The Bertz CT molecular complexity index is 964. The van der Waals surface area contributed by atoms with Crippen LogP contribution >= 0.6 is 35.5 Å². The molecule has 0 aliphatic carbocycles. The summed E-state index contributed by atoms with van der Waals surface area (Å²) in [7, 11) is 0. The summed E-state index contributed by atoms with van der Waals surface area (Å²) in [4.78, 5) is 23.4. The van der Waals surface area contributed by atoms with Gasteiger partial charge in [-0.15, -0.1) is 24.2 Å². The minimum Gasteiger partial charge on any atom is -0.494 e. The van der Waals surface area contributed by atoms with E-state index in [1.807, 2.05) is 48.2 Å². The number of thioether (sulfide) groups is 1. The maximum absolute atomic E-state index is 13.2. The molecule has 1 aromatic heterocycles. The molecule has 32 heavy (non-hydrogen) atoms. The van der Waals surface area contributed by atoms with Crippen molar-refractivity contribution in [2.24, 2.45) is 0 Å². The fraction of sp³-hybridized carbons (Fsp3) is 0.417. The molecule has 0 unspecified atom stereocenters. The third-order valence-corrected chi connectivity index (χ3v) is 7.11. The number of carbonyl (C=O) groups is 1. The Balaban J connectivity index is 0.00000363. The van der Waals surface area contributed by atoms with Crippen LogP contribution in [-0.4, -0.2) is 54.3 Å². The first kappa shape index (κ1) is 26.5. The third kappa shape index (κ3) is 7.37. The van der Waals surface area contributed by atoms with Crippen molar-refractivity contribution >= 4 is 56.8 Å². The lowest BCUT2D eigenvalue weighted by atomic mass is 10.3. The predicted octanol–water partition coefficient (Wildman–Crippen LogP) is 5.97. The molecule has 0 atom stereocenters. The Hall–Kier alpha value is -1.80. The van der Waals surface area contributed by atoms with Crippen molar-refractivity contribution in [2.45, 2.75) is 32.1 Å². The molecule has 8 heteroatoms. The van der Waals surface area contributed by atoms with Gasteiger partial charge in [0, 0.05) is 30.2 Å². The average Bonchev–Trinajstić information content (AvgIpc) is 3.20. The van der Waals surface area contributed by atoms with Crippen molar-refractivity contribution in [3.05, 3.63) is 48.5 Å². The first-order valence-corrected chi connectivity index (χ1v) is 12.7. The Morgan fingerprint density at radius 1 is 1.06 bits per heavy atom. The molecule has 0 saturated carbocycles. The van der Waals surface area contributed by atoms with Gasteiger partial charge in [-0.3, -0.25) is 9.69 Å². The highest BCUT2D eigenvalue weighted by Crippen LogP contribution is 2.32. The van der Waals surface area contributed by atoms with E-state index in [-0.39, 0.29) is 18.3 Å². The number of halogens is 1. The molecule has 0 spiro atoms. The number of thiazole rings is 1. The average molecular weight is 494 g/mol. The molecule has 0 N–H and O–H groups in total. The van der Waals surface area contributed by atoms with Gasteiger partial charge in [-0.1, -0.05) is 43.4 Å². The Morgan fingerprint density at radius 3 is 2.50 bits per heavy atom. The second kappa shape index (κ2) is 13.7. The highest BCUT2D eigenvalue weighted by molar-refractivity contribution is 7.99. The van der Waals surface area contributed by atoms with Gasteiger partial charge >= 0.3 is 0 Å². The van der Waals surface area contributed by atoms with Crippen molar-refractivity contribution in [1.82, 2.24) is 9.88 Å². The molecule has 0 fully saturated rings. The first-order valence-electron chi connectivity index (χ1n) is 10.9. The highest BCUT2D eigenvalue weighted by atomic mass is 35.5. The number of carbonyl (C=O) groups excluding carboxylic acids is 1. The number of hydrogen-bond donors (Lipinski definition) is 0. The van der Waals surface area contributed by atoms with Gasteiger partial charge in [-0.2, -0.15) is 0 Å². The van der Waals surface area contributed by atoms with Crippen LogP contribution in [0.5, 0.6) is 5.75 Å². The van der Waals surface area contributed by atoms with Crippen LogP contribution in [0.3, 0.4) is 0 Å². The molecule has 3 rings (SSSR count). The van der Waals surface area contributed by atoms with Gasteiger partial charge in [-0.05, 0) is 50.3 Å². The lowest BCUT2D eigenvalue weighted by Gasteiger charge is -2.24. The third-order valence-electron chi connectivity index (χ3n) is 5.05. The van der Waals surface area contributed by atoms with Crippen LogP contribution in [0.2, 0.25) is 0 Å². The molecule has 0 bridgehead atoms. The van der Waals surface area contributed by atoms with Gasteiger partial charge in [0.15, 0.2) is 5.13 Å². The van der Waals surface area contributed by atoms with E-state index in [9.17, 15) is 4.79 Å². The zero-order valence-electron chi connectivity index (χ0n) is 19.0. The van der Waals surface area contributed by atoms with Crippen LogP contribution in [0.1, 0.15) is 27.2 Å². The van der Waals surface area contributed by atoms with E-state index >= 15 is 0 Å². The highest BCUT2D eigenvalue weighted by Gasteiger charge is 2.20. The summed E-state index contributed by atoms with van der Waals surface area (Å²) in [5.74, 6) is 1.72. The lowest BCUT2D eigenvalue weighted by Crippen LogP contribution is -2.39. The molecule has 1 amide bonds. The fourth-order valence-electron chi connectivity index (χ4n) is 3.28. The van der Waals surface area contributed by atoms with Crippen molar-refractivity contribution in [2.75, 3.05) is 43.4 Å². The minimum absolute atomic E-state index is 0. The molecule has 0 aliphatic heterocycles. The normalized spacial score (nSPS) is 10.9. The van der Waals surface area contributed by atoms with Gasteiger partial charge < -0.3 is 9.64 Å². The number of hydrogen-bond acceptors (Lipinski definition) is 6. The van der Waals surface area contributed by atoms with Crippen LogP contribution in [0.25, 0.3) is 10.2 Å². The topological polar surface area (TPSA) is 45.7 Å². The van der Waals surface area contributed by atoms with Crippen LogP contribution in [0.15, 0.2) is 53.4 Å². The quantitative estimate of drug-likeness (QED) is 0.291. The summed E-state index contributed by atoms with van der Waals surface area (Å²) in [6, 6.07) is 16.1. The molecular weight excluding hydrogens is 462 g/mol. The van der Waals surface area contributed by atoms with E-state index in [0.717, 1.165) is 46.5 Å². The Kier molecular flexibility index (Phi) is 11.3. The molecular formula is C24H32ClN3O2S2. The van der Waals surface area contributed by atoms with Crippen LogP contribution in [0, 0.1) is 0 Å². The van der Waals surface area contributed by atoms with Crippen molar-refractivity contribution < 1.29 is 9.53 Å². The summed E-state index contributed by atoms with van der Waals surface area (Å²) in [6.45, 7) is 10.3. The number of anilines is 1. The summed E-state index contributed by atoms with van der Waals surface area (Å²) in [6.07, 6.45) is 0.484. The van der Waals surface area contributed by atoms with Crippen LogP contribution in [-0.2, 0) is 4.79 Å². The lowest BCUT2D eigenvalue weighted by molar-refractivity contribution is -0.118. The zero-order valence-corrected chi connectivity index (χ0v) is 21.4. The number of ether oxygens (including phenoxy) is 1. The molecule has 2 aromatic carbocycles.